The molecule has 4 aliphatic rings. The van der Waals surface area contributed by atoms with Crippen molar-refractivity contribution < 1.29 is 24.2 Å². The maximum Gasteiger partial charge on any atom is 0.249 e. The molecule has 4 heterocycles. The van der Waals surface area contributed by atoms with Crippen LogP contribution < -0.4 is 0 Å². The van der Waals surface area contributed by atoms with Crippen molar-refractivity contribution >= 4 is 17.7 Å². The van der Waals surface area contributed by atoms with Crippen molar-refractivity contribution in [2.24, 2.45) is 11.8 Å². The van der Waals surface area contributed by atoms with E-state index in [-0.39, 0.29) is 24.3 Å². The van der Waals surface area contributed by atoms with Gasteiger partial charge in [0.05, 0.1) is 30.1 Å². The minimum Gasteiger partial charge on any atom is -0.394 e. The second kappa shape index (κ2) is 10.3. The quantitative estimate of drug-likeness (QED) is 0.530. The van der Waals surface area contributed by atoms with Crippen molar-refractivity contribution in [1.29, 1.82) is 0 Å². The van der Waals surface area contributed by atoms with Gasteiger partial charge >= 0.3 is 0 Å². The summed E-state index contributed by atoms with van der Waals surface area (Å²) in [6, 6.07) is 8.08. The van der Waals surface area contributed by atoms with Crippen LogP contribution in [0.1, 0.15) is 38.7 Å². The number of fused-ring (bicyclic) bond motifs is 2. The van der Waals surface area contributed by atoms with Crippen LogP contribution in [-0.2, 0) is 25.5 Å². The van der Waals surface area contributed by atoms with Gasteiger partial charge in [0.25, 0.3) is 0 Å². The number of nitrogens with zero attached hydrogens (tertiary/aromatic N) is 3. The molecule has 1 unspecified atom stereocenters. The molecule has 0 aliphatic carbocycles. The van der Waals surface area contributed by atoms with Crippen LogP contribution in [0.15, 0.2) is 54.6 Å². The molecule has 0 radical (unpaired) electrons. The molecule has 3 amide bonds. The highest BCUT2D eigenvalue weighted by atomic mass is 16.5. The van der Waals surface area contributed by atoms with Gasteiger partial charge in [-0.05, 0) is 24.8 Å². The van der Waals surface area contributed by atoms with E-state index in [1.165, 1.54) is 0 Å². The van der Waals surface area contributed by atoms with E-state index in [1.54, 1.807) is 21.7 Å². The Morgan fingerprint density at radius 3 is 2.42 bits per heavy atom. The molecule has 38 heavy (non-hydrogen) atoms. The second-order valence-electron chi connectivity index (χ2n) is 11.1. The Labute approximate surface area is 224 Å². The third kappa shape index (κ3) is 4.00. The Hall–Kier alpha value is -2.97. The van der Waals surface area contributed by atoms with E-state index in [2.05, 4.69) is 6.92 Å². The number of carbonyl (C=O) groups is 3. The Morgan fingerprint density at radius 1 is 1.00 bits per heavy atom. The number of unbranched alkanes of at least 4 members (excludes halogenated alkanes) is 1. The van der Waals surface area contributed by atoms with Gasteiger partial charge in [-0.25, -0.2) is 0 Å². The summed E-state index contributed by atoms with van der Waals surface area (Å²) in [5.41, 5.74) is -1.32. The zero-order chi connectivity index (χ0) is 27.1. The molecule has 8 nitrogen and oxygen atoms in total. The predicted octanol–water partition coefficient (Wildman–Crippen LogP) is 2.18. The third-order valence-electron chi connectivity index (χ3n) is 8.86. The summed E-state index contributed by atoms with van der Waals surface area (Å²) in [4.78, 5) is 47.7. The molecule has 0 aromatic heterocycles. The van der Waals surface area contributed by atoms with E-state index >= 15 is 0 Å². The lowest BCUT2D eigenvalue weighted by molar-refractivity contribution is -0.157. The molecule has 0 saturated carbocycles. The molecule has 1 spiro atoms. The fourth-order valence-corrected chi connectivity index (χ4v) is 6.95. The number of carbonyl (C=O) groups excluding carboxylic acids is 3. The Balaban J connectivity index is 1.65. The number of amides is 3. The zero-order valence-corrected chi connectivity index (χ0v) is 22.6. The number of ether oxygens (including phenoxy) is 1. The molecular weight excluding hydrogens is 482 g/mol. The first kappa shape index (κ1) is 26.6. The lowest BCUT2D eigenvalue weighted by Gasteiger charge is -2.41. The van der Waals surface area contributed by atoms with Gasteiger partial charge in [0.15, 0.2) is 0 Å². The first-order valence-electron chi connectivity index (χ1n) is 13.9. The van der Waals surface area contributed by atoms with Crippen molar-refractivity contribution in [3.8, 4) is 0 Å². The van der Waals surface area contributed by atoms with Crippen molar-refractivity contribution in [2.45, 2.75) is 62.8 Å². The SMILES string of the molecule is CCCCN1CC=C[C@]23O[C@]4(CC)C=CCN(C)C(=O)[C@@H]4[C@H]2C(=O)N([C@@H](CO)Cc2ccccc2)C3C1=O. The molecule has 5 rings (SSSR count). The number of likely N-dealkylation sites (N-methyl/N-ethyl adjacent to an activating group) is 1. The Morgan fingerprint density at radius 2 is 1.74 bits per heavy atom. The smallest absolute Gasteiger partial charge is 0.249 e. The maximum absolute atomic E-state index is 14.5. The summed E-state index contributed by atoms with van der Waals surface area (Å²) in [7, 11) is 1.74. The van der Waals surface area contributed by atoms with E-state index in [0.29, 0.717) is 32.5 Å². The fourth-order valence-electron chi connectivity index (χ4n) is 6.95. The summed E-state index contributed by atoms with van der Waals surface area (Å²) in [6.07, 6.45) is 10.4. The van der Waals surface area contributed by atoms with Gasteiger partial charge in [-0.1, -0.05) is 74.9 Å². The monoisotopic (exact) mass is 521 g/mol. The lowest BCUT2D eigenvalue weighted by Crippen LogP contribution is -2.59. The van der Waals surface area contributed by atoms with E-state index in [0.717, 1.165) is 18.4 Å². The van der Waals surface area contributed by atoms with Gasteiger partial charge < -0.3 is 24.5 Å². The number of hydrogen-bond donors (Lipinski definition) is 1. The summed E-state index contributed by atoms with van der Waals surface area (Å²) in [6.45, 7) is 5.18. The number of rotatable bonds is 8. The molecule has 1 aromatic carbocycles. The van der Waals surface area contributed by atoms with Gasteiger partial charge in [-0.3, -0.25) is 14.4 Å². The lowest BCUT2D eigenvalue weighted by atomic mass is 9.73. The van der Waals surface area contributed by atoms with Crippen molar-refractivity contribution in [3.63, 3.8) is 0 Å². The average molecular weight is 522 g/mol. The number of likely N-dealkylation sites (tertiary alicyclic amines) is 1. The fraction of sp³-hybridized carbons (Fsp3) is 0.567. The van der Waals surface area contributed by atoms with Crippen LogP contribution in [0, 0.1) is 11.8 Å². The molecule has 1 N–H and O–H groups in total. The molecule has 4 aliphatic heterocycles. The van der Waals surface area contributed by atoms with Crippen LogP contribution in [0.2, 0.25) is 0 Å². The first-order chi connectivity index (χ1) is 18.3. The van der Waals surface area contributed by atoms with E-state index in [4.69, 9.17) is 4.74 Å². The van der Waals surface area contributed by atoms with Crippen LogP contribution in [-0.4, -0.2) is 94.1 Å². The van der Waals surface area contributed by atoms with Gasteiger partial charge in [0, 0.05) is 26.7 Å². The molecule has 1 aromatic rings. The molecule has 204 valence electrons. The molecule has 8 heteroatoms. The van der Waals surface area contributed by atoms with E-state index in [1.807, 2.05) is 61.6 Å². The topological polar surface area (TPSA) is 90.4 Å². The van der Waals surface area contributed by atoms with Gasteiger partial charge in [-0.15, -0.1) is 0 Å². The molecule has 2 saturated heterocycles. The largest absolute Gasteiger partial charge is 0.394 e. The van der Waals surface area contributed by atoms with E-state index in [9.17, 15) is 19.5 Å². The molecule has 0 bridgehead atoms. The van der Waals surface area contributed by atoms with Crippen molar-refractivity contribution in [3.05, 3.63) is 60.2 Å². The van der Waals surface area contributed by atoms with Gasteiger partial charge in [-0.2, -0.15) is 0 Å². The van der Waals surface area contributed by atoms with Gasteiger partial charge in [0.2, 0.25) is 17.7 Å². The molecular formula is C30H39N3O5. The van der Waals surface area contributed by atoms with Crippen LogP contribution in [0.3, 0.4) is 0 Å². The number of aliphatic hydroxyl groups excluding tert-OH is 1. The Kier molecular flexibility index (Phi) is 7.22. The minimum atomic E-state index is -1.29. The van der Waals surface area contributed by atoms with Crippen molar-refractivity contribution in [1.82, 2.24) is 14.7 Å². The van der Waals surface area contributed by atoms with Crippen LogP contribution in [0.5, 0.6) is 0 Å². The predicted molar refractivity (Wildman–Crippen MR) is 143 cm³/mol. The zero-order valence-electron chi connectivity index (χ0n) is 22.6. The Bertz CT molecular complexity index is 1140. The summed E-state index contributed by atoms with van der Waals surface area (Å²) in [5.74, 6) is -2.24. The second-order valence-corrected chi connectivity index (χ2v) is 11.1. The average Bonchev–Trinajstić information content (AvgIpc) is 3.24. The number of benzene rings is 1. The van der Waals surface area contributed by atoms with Gasteiger partial charge in [0.1, 0.15) is 11.6 Å². The number of hydrogen-bond acceptors (Lipinski definition) is 5. The highest BCUT2D eigenvalue weighted by Crippen LogP contribution is 2.58. The van der Waals surface area contributed by atoms with Crippen molar-refractivity contribution in [2.75, 3.05) is 33.3 Å². The normalized spacial score (nSPS) is 33.2. The van der Waals surface area contributed by atoms with Crippen LogP contribution >= 0.6 is 0 Å². The third-order valence-corrected chi connectivity index (χ3v) is 8.86. The summed E-state index contributed by atoms with van der Waals surface area (Å²) < 4.78 is 6.95. The summed E-state index contributed by atoms with van der Waals surface area (Å²) in [5, 5.41) is 10.6. The standard InChI is InChI=1S/C30H39N3O5/c1-4-6-17-32-18-11-15-30-24(23-26(35)31(3)16-10-14-29(23,5-2)38-30)27(36)33(25(30)28(32)37)22(20-34)19-21-12-8-7-9-13-21/h7-15,22-25,34H,4-6,16-20H2,1-3H3/t22-,23+,24+,25?,29-,30+/m1/s1. The first-order valence-corrected chi connectivity index (χ1v) is 13.9. The number of aliphatic hydroxyl groups is 1. The minimum absolute atomic E-state index is 0.149. The summed E-state index contributed by atoms with van der Waals surface area (Å²) >= 11 is 0. The van der Waals surface area contributed by atoms with Crippen LogP contribution in [0.4, 0.5) is 0 Å². The highest BCUT2D eigenvalue weighted by Gasteiger charge is 2.75. The highest BCUT2D eigenvalue weighted by molar-refractivity contribution is 6.00. The maximum atomic E-state index is 14.5. The molecule has 6 atom stereocenters. The van der Waals surface area contributed by atoms with E-state index < -0.39 is 35.1 Å². The molecule has 2 fully saturated rings. The van der Waals surface area contributed by atoms with Crippen LogP contribution in [0.25, 0.3) is 0 Å².